The second-order valence-electron chi connectivity index (χ2n) is 5.84. The highest BCUT2D eigenvalue weighted by Gasteiger charge is 2.42. The van der Waals surface area contributed by atoms with Gasteiger partial charge in [-0.25, -0.2) is 0 Å². The average molecular weight is 244 g/mol. The second kappa shape index (κ2) is 4.30. The Morgan fingerprint density at radius 3 is 2.78 bits per heavy atom. The monoisotopic (exact) mass is 244 g/mol. The summed E-state index contributed by atoms with van der Waals surface area (Å²) in [6.07, 6.45) is 4.92. The van der Waals surface area contributed by atoms with Crippen LogP contribution in [0.1, 0.15) is 31.2 Å². The second-order valence-corrected chi connectivity index (χ2v) is 5.84. The summed E-state index contributed by atoms with van der Waals surface area (Å²) in [4.78, 5) is 12.3. The van der Waals surface area contributed by atoms with Gasteiger partial charge in [0.2, 0.25) is 5.91 Å². The normalized spacial score (nSPS) is 29.5. The Morgan fingerprint density at radius 1 is 1.33 bits per heavy atom. The topological polar surface area (TPSA) is 55.1 Å². The van der Waals surface area contributed by atoms with E-state index in [1.807, 2.05) is 25.1 Å². The minimum absolute atomic E-state index is 0.200. The van der Waals surface area contributed by atoms with E-state index in [0.29, 0.717) is 5.92 Å². The Bertz CT molecular complexity index is 483. The molecule has 0 aromatic heterocycles. The number of nitrogen functional groups attached to an aromatic ring is 1. The number of nitrogens with two attached hydrogens (primary N) is 1. The lowest BCUT2D eigenvalue weighted by Crippen LogP contribution is -2.27. The van der Waals surface area contributed by atoms with E-state index >= 15 is 0 Å². The Kier molecular flexibility index (Phi) is 2.77. The van der Waals surface area contributed by atoms with Gasteiger partial charge >= 0.3 is 0 Å². The van der Waals surface area contributed by atoms with E-state index < -0.39 is 0 Å². The number of carbonyl (C=O) groups is 1. The highest BCUT2D eigenvalue weighted by molar-refractivity contribution is 5.93. The van der Waals surface area contributed by atoms with Gasteiger partial charge in [-0.2, -0.15) is 0 Å². The van der Waals surface area contributed by atoms with Crippen LogP contribution >= 0.6 is 0 Å². The molecule has 3 rings (SSSR count). The van der Waals surface area contributed by atoms with E-state index in [9.17, 15) is 4.79 Å². The maximum absolute atomic E-state index is 12.3. The molecule has 3 heteroatoms. The maximum atomic E-state index is 12.3. The molecule has 2 aliphatic carbocycles. The molecule has 2 fully saturated rings. The first-order valence-electron chi connectivity index (χ1n) is 6.80. The fourth-order valence-corrected chi connectivity index (χ4v) is 3.55. The Morgan fingerprint density at radius 2 is 2.17 bits per heavy atom. The molecule has 18 heavy (non-hydrogen) atoms. The van der Waals surface area contributed by atoms with Crippen molar-refractivity contribution < 1.29 is 4.79 Å². The van der Waals surface area contributed by atoms with Gasteiger partial charge in [0.25, 0.3) is 0 Å². The number of aryl methyl sites for hydroxylation is 1. The molecule has 3 nitrogen and oxygen atoms in total. The third-order valence-corrected chi connectivity index (χ3v) is 4.61. The van der Waals surface area contributed by atoms with E-state index in [-0.39, 0.29) is 11.8 Å². The fourth-order valence-electron chi connectivity index (χ4n) is 3.55. The van der Waals surface area contributed by atoms with Crippen LogP contribution in [0.3, 0.4) is 0 Å². The smallest absolute Gasteiger partial charge is 0.227 e. The number of fused-ring (bicyclic) bond motifs is 2. The SMILES string of the molecule is Cc1cc(NC(=O)C2CC3CCC2C3)ccc1N. The lowest BCUT2D eigenvalue weighted by Gasteiger charge is -2.21. The minimum atomic E-state index is 0.200. The molecule has 1 amide bonds. The predicted octanol–water partition coefficient (Wildman–Crippen LogP) is 2.95. The van der Waals surface area contributed by atoms with Crippen molar-refractivity contribution >= 4 is 17.3 Å². The van der Waals surface area contributed by atoms with Crippen LogP contribution in [0.15, 0.2) is 18.2 Å². The van der Waals surface area contributed by atoms with Crippen LogP contribution in [0.4, 0.5) is 11.4 Å². The summed E-state index contributed by atoms with van der Waals surface area (Å²) in [5, 5.41) is 3.04. The van der Waals surface area contributed by atoms with Gasteiger partial charge < -0.3 is 11.1 Å². The highest BCUT2D eigenvalue weighted by atomic mass is 16.1. The molecule has 0 aliphatic heterocycles. The number of benzene rings is 1. The fraction of sp³-hybridized carbons (Fsp3) is 0.533. The third-order valence-electron chi connectivity index (χ3n) is 4.61. The number of rotatable bonds is 2. The van der Waals surface area contributed by atoms with Crippen LogP contribution in [0.2, 0.25) is 0 Å². The zero-order valence-corrected chi connectivity index (χ0v) is 10.8. The van der Waals surface area contributed by atoms with Crippen molar-refractivity contribution in [2.75, 3.05) is 11.1 Å². The van der Waals surface area contributed by atoms with Crippen molar-refractivity contribution in [3.8, 4) is 0 Å². The van der Waals surface area contributed by atoms with Gasteiger partial charge in [0.15, 0.2) is 0 Å². The van der Waals surface area contributed by atoms with Gasteiger partial charge in [-0.1, -0.05) is 6.42 Å². The number of amides is 1. The summed E-state index contributed by atoms with van der Waals surface area (Å²) in [6, 6.07) is 5.68. The maximum Gasteiger partial charge on any atom is 0.227 e. The molecule has 96 valence electrons. The van der Waals surface area contributed by atoms with Gasteiger partial charge in [0, 0.05) is 17.3 Å². The molecule has 2 bridgehead atoms. The molecular weight excluding hydrogens is 224 g/mol. The van der Waals surface area contributed by atoms with Crippen molar-refractivity contribution in [2.24, 2.45) is 17.8 Å². The number of carbonyl (C=O) groups excluding carboxylic acids is 1. The van der Waals surface area contributed by atoms with Gasteiger partial charge in [0.05, 0.1) is 0 Å². The van der Waals surface area contributed by atoms with Gasteiger partial charge in [-0.15, -0.1) is 0 Å². The van der Waals surface area contributed by atoms with Gasteiger partial charge in [0.1, 0.15) is 0 Å². The van der Waals surface area contributed by atoms with E-state index in [1.54, 1.807) is 0 Å². The molecule has 2 aliphatic rings. The summed E-state index contributed by atoms with van der Waals surface area (Å²) in [5.41, 5.74) is 8.43. The molecule has 3 atom stereocenters. The highest BCUT2D eigenvalue weighted by Crippen LogP contribution is 2.48. The first kappa shape index (κ1) is 11.6. The van der Waals surface area contributed by atoms with Crippen molar-refractivity contribution in [2.45, 2.75) is 32.6 Å². The number of hydrogen-bond acceptors (Lipinski definition) is 2. The molecule has 2 saturated carbocycles. The molecule has 1 aromatic carbocycles. The van der Waals surface area contributed by atoms with Crippen LogP contribution < -0.4 is 11.1 Å². The van der Waals surface area contributed by atoms with Gasteiger partial charge in [-0.3, -0.25) is 4.79 Å². The van der Waals surface area contributed by atoms with E-state index in [2.05, 4.69) is 5.32 Å². The lowest BCUT2D eigenvalue weighted by molar-refractivity contribution is -0.121. The molecule has 3 N–H and O–H groups in total. The average Bonchev–Trinajstić information content (AvgIpc) is 2.96. The summed E-state index contributed by atoms with van der Waals surface area (Å²) in [6.45, 7) is 1.96. The van der Waals surface area contributed by atoms with E-state index in [0.717, 1.165) is 29.3 Å². The Hall–Kier alpha value is -1.51. The minimum Gasteiger partial charge on any atom is -0.399 e. The van der Waals surface area contributed by atoms with E-state index in [1.165, 1.54) is 19.3 Å². The summed E-state index contributed by atoms with van der Waals surface area (Å²) < 4.78 is 0. The standard InChI is InChI=1S/C15H20N2O/c1-9-6-12(4-5-14(9)16)17-15(18)13-8-10-2-3-11(13)7-10/h4-6,10-11,13H,2-3,7-8,16H2,1H3,(H,17,18). The number of nitrogens with one attached hydrogen (secondary N) is 1. The number of hydrogen-bond donors (Lipinski definition) is 2. The van der Waals surface area contributed by atoms with Crippen molar-refractivity contribution in [3.63, 3.8) is 0 Å². The van der Waals surface area contributed by atoms with Crippen LogP contribution in [-0.2, 0) is 4.79 Å². The quantitative estimate of drug-likeness (QED) is 0.786. The van der Waals surface area contributed by atoms with Crippen LogP contribution in [0, 0.1) is 24.7 Å². The third kappa shape index (κ3) is 1.98. The van der Waals surface area contributed by atoms with Crippen molar-refractivity contribution in [1.82, 2.24) is 0 Å². The molecule has 1 aromatic rings. The Balaban J connectivity index is 1.69. The first-order chi connectivity index (χ1) is 8.63. The summed E-state index contributed by atoms with van der Waals surface area (Å²) in [5.74, 6) is 1.87. The predicted molar refractivity (Wildman–Crippen MR) is 73.2 cm³/mol. The zero-order valence-electron chi connectivity index (χ0n) is 10.8. The van der Waals surface area contributed by atoms with Crippen molar-refractivity contribution in [3.05, 3.63) is 23.8 Å². The molecule has 0 radical (unpaired) electrons. The molecule has 0 heterocycles. The summed E-state index contributed by atoms with van der Waals surface area (Å²) >= 11 is 0. The van der Waals surface area contributed by atoms with Crippen LogP contribution in [0.25, 0.3) is 0 Å². The number of anilines is 2. The lowest BCUT2D eigenvalue weighted by atomic mass is 9.88. The van der Waals surface area contributed by atoms with Crippen LogP contribution in [0.5, 0.6) is 0 Å². The first-order valence-corrected chi connectivity index (χ1v) is 6.80. The zero-order chi connectivity index (χ0) is 12.7. The molecule has 0 saturated heterocycles. The molecule has 0 spiro atoms. The van der Waals surface area contributed by atoms with E-state index in [4.69, 9.17) is 5.73 Å². The molecular formula is C15H20N2O. The van der Waals surface area contributed by atoms with Crippen molar-refractivity contribution in [1.29, 1.82) is 0 Å². The van der Waals surface area contributed by atoms with Gasteiger partial charge in [-0.05, 0) is 61.8 Å². The molecule has 3 unspecified atom stereocenters. The Labute approximate surface area is 108 Å². The summed E-state index contributed by atoms with van der Waals surface area (Å²) in [7, 11) is 0. The van der Waals surface area contributed by atoms with Crippen LogP contribution in [-0.4, -0.2) is 5.91 Å². The largest absolute Gasteiger partial charge is 0.399 e.